The highest BCUT2D eigenvalue weighted by molar-refractivity contribution is 5.74. The minimum Gasteiger partial charge on any atom is -0.481 e. The van der Waals surface area contributed by atoms with Gasteiger partial charge in [0.25, 0.3) is 0 Å². The average Bonchev–Trinajstić information content (AvgIpc) is 2.49. The monoisotopic (exact) mass is 168 g/mol. The number of carboxylic acid groups (broad SMARTS) is 1. The predicted octanol–water partition coefficient (Wildman–Crippen LogP) is 1.09. The van der Waals surface area contributed by atoms with E-state index in [0.29, 0.717) is 0 Å². The van der Waals surface area contributed by atoms with Crippen LogP contribution in [0.2, 0.25) is 0 Å². The minimum atomic E-state index is -0.815. The smallest absolute Gasteiger partial charge is 0.312 e. The molecule has 12 heavy (non-hydrogen) atoms. The molecule has 0 aliphatic carbocycles. The molecule has 0 amide bonds. The third-order valence-electron chi connectivity index (χ3n) is 1.90. The summed E-state index contributed by atoms with van der Waals surface area (Å²) in [5.41, 5.74) is 0.755. The van der Waals surface area contributed by atoms with Gasteiger partial charge in [-0.1, -0.05) is 0 Å². The van der Waals surface area contributed by atoms with Crippen LogP contribution < -0.4 is 0 Å². The fraction of sp³-hybridized carbons (Fsp3) is 0.500. The average molecular weight is 168 g/mol. The van der Waals surface area contributed by atoms with Crippen LogP contribution in [0.15, 0.2) is 12.5 Å². The van der Waals surface area contributed by atoms with E-state index in [9.17, 15) is 4.79 Å². The summed E-state index contributed by atoms with van der Waals surface area (Å²) in [5, 5.41) is 8.73. The fourth-order valence-corrected chi connectivity index (χ4v) is 1.08. The molecule has 1 aromatic heterocycles. The van der Waals surface area contributed by atoms with E-state index >= 15 is 0 Å². The van der Waals surface area contributed by atoms with Gasteiger partial charge < -0.3 is 9.67 Å². The lowest BCUT2D eigenvalue weighted by molar-refractivity contribution is -0.138. The van der Waals surface area contributed by atoms with Gasteiger partial charge in [-0.25, -0.2) is 4.98 Å². The second-order valence-corrected chi connectivity index (χ2v) is 2.66. The molecule has 0 aliphatic rings. The first-order valence-corrected chi connectivity index (χ1v) is 3.89. The van der Waals surface area contributed by atoms with Crippen molar-refractivity contribution in [2.24, 2.45) is 0 Å². The number of aliphatic carboxylic acids is 1. The van der Waals surface area contributed by atoms with Gasteiger partial charge in [-0.15, -0.1) is 0 Å². The Labute approximate surface area is 70.9 Å². The van der Waals surface area contributed by atoms with Gasteiger partial charge in [0.05, 0.1) is 17.9 Å². The summed E-state index contributed by atoms with van der Waals surface area (Å²) in [6, 6.07) is 0. The molecule has 0 spiro atoms. The first-order valence-electron chi connectivity index (χ1n) is 3.89. The van der Waals surface area contributed by atoms with Crippen molar-refractivity contribution in [1.29, 1.82) is 0 Å². The van der Waals surface area contributed by atoms with Crippen LogP contribution in [0, 0.1) is 0 Å². The molecular weight excluding hydrogens is 156 g/mol. The summed E-state index contributed by atoms with van der Waals surface area (Å²) < 4.78 is 1.83. The van der Waals surface area contributed by atoms with E-state index in [0.717, 1.165) is 12.2 Å². The molecule has 1 rings (SSSR count). The van der Waals surface area contributed by atoms with E-state index < -0.39 is 11.9 Å². The second-order valence-electron chi connectivity index (χ2n) is 2.66. The zero-order valence-corrected chi connectivity index (χ0v) is 7.19. The maximum atomic E-state index is 10.6. The van der Waals surface area contributed by atoms with Crippen LogP contribution in [0.4, 0.5) is 0 Å². The first kappa shape index (κ1) is 8.77. The number of hydrogen-bond donors (Lipinski definition) is 1. The van der Waals surface area contributed by atoms with E-state index in [1.165, 1.54) is 0 Å². The number of carboxylic acids is 1. The molecule has 0 aromatic carbocycles. The quantitative estimate of drug-likeness (QED) is 0.735. The summed E-state index contributed by atoms with van der Waals surface area (Å²) in [5.74, 6) is -1.29. The third kappa shape index (κ3) is 1.47. The predicted molar refractivity (Wildman–Crippen MR) is 44.0 cm³/mol. The van der Waals surface area contributed by atoms with Crippen molar-refractivity contribution in [2.45, 2.75) is 26.3 Å². The number of aromatic nitrogens is 2. The summed E-state index contributed by atoms with van der Waals surface area (Å²) in [6.07, 6.45) is 3.25. The van der Waals surface area contributed by atoms with Crippen LogP contribution in [-0.4, -0.2) is 20.6 Å². The van der Waals surface area contributed by atoms with Gasteiger partial charge in [0, 0.05) is 12.7 Å². The van der Waals surface area contributed by atoms with Gasteiger partial charge in [0.15, 0.2) is 0 Å². The molecule has 4 nitrogen and oxygen atoms in total. The Morgan fingerprint density at radius 3 is 3.00 bits per heavy atom. The molecule has 4 heteroatoms. The zero-order chi connectivity index (χ0) is 9.14. The molecule has 1 heterocycles. The standard InChI is InChI=1S/C8H12N2O2/c1-3-10-5-9-4-7(10)6(2)8(11)12/h4-6H,3H2,1-2H3,(H,11,12). The van der Waals surface area contributed by atoms with Crippen molar-refractivity contribution < 1.29 is 9.90 Å². The first-order chi connectivity index (χ1) is 5.66. The van der Waals surface area contributed by atoms with E-state index in [1.807, 2.05) is 11.5 Å². The number of aryl methyl sites for hydroxylation is 1. The number of carbonyl (C=O) groups is 1. The third-order valence-corrected chi connectivity index (χ3v) is 1.90. The summed E-state index contributed by atoms with van der Waals surface area (Å²) in [4.78, 5) is 14.5. The number of nitrogens with zero attached hydrogens (tertiary/aromatic N) is 2. The van der Waals surface area contributed by atoms with Crippen LogP contribution in [-0.2, 0) is 11.3 Å². The van der Waals surface area contributed by atoms with E-state index in [2.05, 4.69) is 4.98 Å². The topological polar surface area (TPSA) is 55.1 Å². The molecule has 0 bridgehead atoms. The largest absolute Gasteiger partial charge is 0.481 e. The zero-order valence-electron chi connectivity index (χ0n) is 7.19. The van der Waals surface area contributed by atoms with E-state index in [-0.39, 0.29) is 0 Å². The molecule has 0 saturated heterocycles. The lowest BCUT2D eigenvalue weighted by Gasteiger charge is -2.08. The normalized spacial score (nSPS) is 12.8. The number of imidazole rings is 1. The summed E-state index contributed by atoms with van der Waals surface area (Å²) in [7, 11) is 0. The minimum absolute atomic E-state index is 0.479. The van der Waals surface area contributed by atoms with Crippen molar-refractivity contribution in [3.63, 3.8) is 0 Å². The van der Waals surface area contributed by atoms with Crippen molar-refractivity contribution >= 4 is 5.97 Å². The Kier molecular flexibility index (Phi) is 2.47. The van der Waals surface area contributed by atoms with Crippen LogP contribution in [0.25, 0.3) is 0 Å². The van der Waals surface area contributed by atoms with Gasteiger partial charge in [-0.3, -0.25) is 4.79 Å². The lowest BCUT2D eigenvalue weighted by Crippen LogP contribution is -2.12. The lowest BCUT2D eigenvalue weighted by atomic mass is 10.1. The Balaban J connectivity index is 2.93. The molecule has 0 aliphatic heterocycles. The molecule has 1 unspecified atom stereocenters. The highest BCUT2D eigenvalue weighted by Gasteiger charge is 2.16. The van der Waals surface area contributed by atoms with Gasteiger partial charge in [-0.05, 0) is 13.8 Å². The molecule has 1 atom stereocenters. The Bertz CT molecular complexity index is 280. The van der Waals surface area contributed by atoms with E-state index in [4.69, 9.17) is 5.11 Å². The van der Waals surface area contributed by atoms with Crippen molar-refractivity contribution in [3.05, 3.63) is 18.2 Å². The van der Waals surface area contributed by atoms with E-state index in [1.54, 1.807) is 19.4 Å². The Morgan fingerprint density at radius 2 is 2.50 bits per heavy atom. The molecule has 66 valence electrons. The van der Waals surface area contributed by atoms with Crippen molar-refractivity contribution in [1.82, 2.24) is 9.55 Å². The maximum absolute atomic E-state index is 10.6. The van der Waals surface area contributed by atoms with Crippen LogP contribution >= 0.6 is 0 Å². The molecule has 1 aromatic rings. The Morgan fingerprint density at radius 1 is 1.83 bits per heavy atom. The van der Waals surface area contributed by atoms with Gasteiger partial charge in [-0.2, -0.15) is 0 Å². The number of hydrogen-bond acceptors (Lipinski definition) is 2. The SMILES string of the molecule is CCn1cncc1C(C)C(=O)O. The molecular formula is C8H12N2O2. The maximum Gasteiger partial charge on any atom is 0.312 e. The van der Waals surface area contributed by atoms with Crippen LogP contribution in [0.1, 0.15) is 25.5 Å². The molecule has 0 saturated carbocycles. The van der Waals surface area contributed by atoms with Crippen LogP contribution in [0.5, 0.6) is 0 Å². The summed E-state index contributed by atoms with van der Waals surface area (Å²) in [6.45, 7) is 4.37. The van der Waals surface area contributed by atoms with Crippen molar-refractivity contribution in [3.8, 4) is 0 Å². The van der Waals surface area contributed by atoms with Crippen molar-refractivity contribution in [2.75, 3.05) is 0 Å². The number of rotatable bonds is 3. The summed E-state index contributed by atoms with van der Waals surface area (Å²) >= 11 is 0. The highest BCUT2D eigenvalue weighted by Crippen LogP contribution is 2.14. The fourth-order valence-electron chi connectivity index (χ4n) is 1.08. The van der Waals surface area contributed by atoms with Crippen LogP contribution in [0.3, 0.4) is 0 Å². The Hall–Kier alpha value is -1.32. The highest BCUT2D eigenvalue weighted by atomic mass is 16.4. The van der Waals surface area contributed by atoms with Gasteiger partial charge in [0.1, 0.15) is 0 Å². The molecule has 0 radical (unpaired) electrons. The molecule has 0 fully saturated rings. The molecule has 1 N–H and O–H groups in total. The van der Waals surface area contributed by atoms with Gasteiger partial charge >= 0.3 is 5.97 Å². The second kappa shape index (κ2) is 3.38. The van der Waals surface area contributed by atoms with Gasteiger partial charge in [0.2, 0.25) is 0 Å².